The fourth-order valence-electron chi connectivity index (χ4n) is 8.94. The lowest BCUT2D eigenvalue weighted by atomic mass is 9.82. The highest BCUT2D eigenvalue weighted by atomic mass is 79.9. The number of ether oxygens (including phenoxy) is 1. The van der Waals surface area contributed by atoms with Gasteiger partial charge in [0.15, 0.2) is 13.9 Å². The van der Waals surface area contributed by atoms with Crippen molar-refractivity contribution in [2.24, 2.45) is 5.92 Å². The van der Waals surface area contributed by atoms with Crippen LogP contribution >= 0.6 is 15.9 Å². The van der Waals surface area contributed by atoms with E-state index in [1.165, 1.54) is 4.68 Å². The molecule has 12 heteroatoms. The molecule has 10 nitrogen and oxygen atoms in total. The molecule has 2 N–H and O–H groups in total. The van der Waals surface area contributed by atoms with Crippen LogP contribution in [0.2, 0.25) is 18.6 Å². The number of anilines is 1. The molecular formula is C41H41BrN4O6Si. The van der Waals surface area contributed by atoms with Gasteiger partial charge in [0.1, 0.15) is 0 Å². The number of rotatable bonds is 7. The molecule has 2 amide bonds. The Bertz CT molecular complexity index is 2310. The van der Waals surface area contributed by atoms with E-state index in [1.807, 2.05) is 105 Å². The van der Waals surface area contributed by atoms with Gasteiger partial charge in [-0.1, -0.05) is 77.5 Å². The number of amides is 2. The molecule has 4 heterocycles. The summed E-state index contributed by atoms with van der Waals surface area (Å²) >= 11 is 3.62. The number of aliphatic hydroxyl groups excluding tert-OH is 1. The predicted molar refractivity (Wildman–Crippen MR) is 208 cm³/mol. The summed E-state index contributed by atoms with van der Waals surface area (Å²) in [6.45, 7) is 6.11. The molecule has 1 fully saturated rings. The first-order valence-electron chi connectivity index (χ1n) is 18.0. The molecule has 53 heavy (non-hydrogen) atoms. The second kappa shape index (κ2) is 13.4. The van der Waals surface area contributed by atoms with Crippen LogP contribution in [0.5, 0.6) is 0 Å². The van der Waals surface area contributed by atoms with E-state index in [2.05, 4.69) is 21.0 Å². The summed E-state index contributed by atoms with van der Waals surface area (Å²) < 4.78 is 9.11. The molecule has 0 saturated carbocycles. The number of fused-ring (bicyclic) bond motifs is 4. The Morgan fingerprint density at radius 3 is 2.45 bits per heavy atom. The molecule has 0 aliphatic carbocycles. The summed E-state index contributed by atoms with van der Waals surface area (Å²) in [7, 11) is -3.03. The Labute approximate surface area is 316 Å². The van der Waals surface area contributed by atoms with Gasteiger partial charge in [0.2, 0.25) is 5.91 Å². The van der Waals surface area contributed by atoms with Gasteiger partial charge in [0.05, 0.1) is 54.7 Å². The van der Waals surface area contributed by atoms with Gasteiger partial charge in [-0.15, -0.1) is 0 Å². The molecule has 1 aromatic heterocycles. The summed E-state index contributed by atoms with van der Waals surface area (Å²) in [5.74, 6) is -0.859. The van der Waals surface area contributed by atoms with Crippen molar-refractivity contribution in [3.05, 3.63) is 134 Å². The van der Waals surface area contributed by atoms with Crippen molar-refractivity contribution in [3.8, 4) is 5.69 Å². The summed E-state index contributed by atoms with van der Waals surface area (Å²) in [6.07, 6.45) is 1.49. The highest BCUT2D eigenvalue weighted by Crippen LogP contribution is 2.60. The van der Waals surface area contributed by atoms with E-state index in [0.717, 1.165) is 26.5 Å². The first kappa shape index (κ1) is 35.6. The maximum absolute atomic E-state index is 14.9. The van der Waals surface area contributed by atoms with Crippen LogP contribution in [0.4, 0.5) is 5.69 Å². The van der Waals surface area contributed by atoms with E-state index < -0.39 is 31.5 Å². The van der Waals surface area contributed by atoms with Crippen LogP contribution in [0.1, 0.15) is 35.6 Å². The highest BCUT2D eigenvalue weighted by molar-refractivity contribution is 9.10. The number of hydrogen-bond donors (Lipinski definition) is 2. The number of nitrogens with zero attached hydrogens (tertiary/aromatic N) is 4. The average molecular weight is 794 g/mol. The molecule has 3 aliphatic heterocycles. The average Bonchev–Trinajstić information content (AvgIpc) is 3.57. The van der Waals surface area contributed by atoms with Crippen LogP contribution in [0.3, 0.4) is 0 Å². The van der Waals surface area contributed by atoms with Crippen LogP contribution in [0.15, 0.2) is 106 Å². The molecule has 5 aromatic rings. The third-order valence-electron chi connectivity index (χ3n) is 11.4. The Hall–Kier alpha value is -4.46. The van der Waals surface area contributed by atoms with Gasteiger partial charge in [-0.05, 0) is 72.6 Å². The van der Waals surface area contributed by atoms with Gasteiger partial charge in [-0.25, -0.2) is 0 Å². The van der Waals surface area contributed by atoms with E-state index in [0.29, 0.717) is 35.3 Å². The Morgan fingerprint density at radius 2 is 1.72 bits per heavy atom. The topological polar surface area (TPSA) is 125 Å². The fraction of sp³-hybridized carbons (Fsp3) is 0.317. The van der Waals surface area contributed by atoms with Crippen molar-refractivity contribution in [1.29, 1.82) is 0 Å². The van der Waals surface area contributed by atoms with Crippen molar-refractivity contribution in [2.75, 3.05) is 11.5 Å². The second-order valence-corrected chi connectivity index (χ2v) is 20.0. The third kappa shape index (κ3) is 5.97. The van der Waals surface area contributed by atoms with Crippen molar-refractivity contribution >= 4 is 52.5 Å². The molecule has 3 aliphatic rings. The van der Waals surface area contributed by atoms with Crippen LogP contribution in [0, 0.1) is 5.92 Å². The fourth-order valence-corrected chi connectivity index (χ4v) is 11.9. The van der Waals surface area contributed by atoms with Crippen LogP contribution in [-0.2, 0) is 39.4 Å². The number of hydrogen-bond acceptors (Lipinski definition) is 7. The number of halogens is 1. The van der Waals surface area contributed by atoms with Crippen molar-refractivity contribution in [3.63, 3.8) is 0 Å². The maximum Gasteiger partial charge on any atom is 0.279 e. The maximum atomic E-state index is 14.9. The number of aliphatic hydroxyl groups is 1. The summed E-state index contributed by atoms with van der Waals surface area (Å²) in [4.78, 5) is 57.5. The zero-order chi connectivity index (χ0) is 37.2. The number of carbonyl (C=O) groups excluding carboxylic acids is 2. The molecule has 272 valence electrons. The monoisotopic (exact) mass is 792 g/mol. The van der Waals surface area contributed by atoms with Crippen molar-refractivity contribution < 1.29 is 24.2 Å². The van der Waals surface area contributed by atoms with Crippen LogP contribution in [0.25, 0.3) is 16.5 Å². The number of benzene rings is 4. The van der Waals surface area contributed by atoms with E-state index >= 15 is 0 Å². The van der Waals surface area contributed by atoms with Gasteiger partial charge >= 0.3 is 0 Å². The Balaban J connectivity index is 1.10. The Morgan fingerprint density at radius 1 is 1.00 bits per heavy atom. The van der Waals surface area contributed by atoms with Gasteiger partial charge in [0.25, 0.3) is 11.5 Å². The summed E-state index contributed by atoms with van der Waals surface area (Å²) in [5.41, 5.74) is 2.96. The van der Waals surface area contributed by atoms with Crippen molar-refractivity contribution in [1.82, 2.24) is 14.7 Å². The second-order valence-electron chi connectivity index (χ2n) is 15.1. The molecule has 0 radical (unpaired) electrons. The molecular weight excluding hydrogens is 752 g/mol. The standard InChI is InChI=1S/C41H41BrN4O6Si/c1-25-38(53(2,3)51)36(20-37(48)44-23-29-10-5-4-8-27(29)18-32(44)24-47)52-41(25)34-19-30(42)14-17-35(34)45(40(41)50)22-26-12-15-31(16-13-26)46-39(49)33-11-7-6-9-28(33)21-43-46/h4-17,19,21,25,32,36,38,47,51H,18,20,22-24H2,1-3H3/t25-,32-,36+,38-,41+/m0/s1. The SMILES string of the molecule is C[C@H]1[C@H]([Si](C)(C)O)[C@@H](CC(=O)N2Cc3ccccc3C[C@H]2CO)O[C@]12C(=O)N(Cc1ccc(-n3ncc4ccccc4c3=O)cc1)c1ccc(Br)cc12. The van der Waals surface area contributed by atoms with Crippen LogP contribution < -0.4 is 10.5 Å². The van der Waals surface area contributed by atoms with E-state index in [-0.39, 0.29) is 43.0 Å². The first-order chi connectivity index (χ1) is 25.4. The van der Waals surface area contributed by atoms with E-state index in [9.17, 15) is 24.3 Å². The van der Waals surface area contributed by atoms with E-state index in [4.69, 9.17) is 4.74 Å². The largest absolute Gasteiger partial charge is 0.432 e. The summed E-state index contributed by atoms with van der Waals surface area (Å²) in [5, 5.41) is 16.0. The zero-order valence-corrected chi connectivity index (χ0v) is 32.4. The molecule has 0 bridgehead atoms. The minimum Gasteiger partial charge on any atom is -0.432 e. The summed E-state index contributed by atoms with van der Waals surface area (Å²) in [6, 6.07) is 28.1. The smallest absolute Gasteiger partial charge is 0.279 e. The molecule has 1 saturated heterocycles. The molecule has 8 rings (SSSR count). The normalized spacial score (nSPS) is 23.8. The zero-order valence-electron chi connectivity index (χ0n) is 29.8. The molecule has 1 spiro atoms. The molecule has 4 aromatic carbocycles. The quantitative estimate of drug-likeness (QED) is 0.199. The lowest BCUT2D eigenvalue weighted by Gasteiger charge is -2.37. The molecule has 5 atom stereocenters. The third-order valence-corrected chi connectivity index (χ3v) is 14.4. The predicted octanol–water partition coefficient (Wildman–Crippen LogP) is 5.83. The Kier molecular flexibility index (Phi) is 9.01. The molecule has 0 unspecified atom stereocenters. The number of carbonyl (C=O) groups is 2. The van der Waals surface area contributed by atoms with Gasteiger partial charge in [-0.3, -0.25) is 14.4 Å². The van der Waals surface area contributed by atoms with Crippen LogP contribution in [-0.4, -0.2) is 63.5 Å². The number of aromatic nitrogens is 2. The van der Waals surface area contributed by atoms with Crippen molar-refractivity contribution in [2.45, 2.75) is 69.2 Å². The lowest BCUT2D eigenvalue weighted by Crippen LogP contribution is -2.48. The minimum absolute atomic E-state index is 0.0212. The van der Waals surface area contributed by atoms with Gasteiger partial charge in [0, 0.05) is 33.4 Å². The highest BCUT2D eigenvalue weighted by Gasteiger charge is 2.66. The first-order valence-corrected chi connectivity index (χ1v) is 21.8. The lowest BCUT2D eigenvalue weighted by molar-refractivity contribution is -0.151. The minimum atomic E-state index is -3.03. The van der Waals surface area contributed by atoms with Gasteiger partial charge < -0.3 is 24.4 Å². The van der Waals surface area contributed by atoms with E-state index in [1.54, 1.807) is 22.1 Å². The van der Waals surface area contributed by atoms with Gasteiger partial charge in [-0.2, -0.15) is 9.78 Å².